The van der Waals surface area contributed by atoms with Gasteiger partial charge < -0.3 is 4.84 Å². The summed E-state index contributed by atoms with van der Waals surface area (Å²) in [7, 11) is 1.79. The summed E-state index contributed by atoms with van der Waals surface area (Å²) >= 11 is 0. The van der Waals surface area contributed by atoms with Crippen LogP contribution in [-0.4, -0.2) is 20.2 Å². The molecule has 4 nitrogen and oxygen atoms in total. The van der Waals surface area contributed by atoms with Gasteiger partial charge in [0.1, 0.15) is 0 Å². The molecule has 0 aliphatic heterocycles. The molecule has 0 fully saturated rings. The van der Waals surface area contributed by atoms with Crippen molar-refractivity contribution >= 4 is 0 Å². The van der Waals surface area contributed by atoms with Crippen LogP contribution in [-0.2, 0) is 4.84 Å². The van der Waals surface area contributed by atoms with Crippen LogP contribution in [0.3, 0.4) is 0 Å². The minimum atomic E-state index is 0.529. The zero-order chi connectivity index (χ0) is 5.54. The van der Waals surface area contributed by atoms with Crippen molar-refractivity contribution in [1.29, 1.82) is 0 Å². The molecule has 0 saturated heterocycles. The molecular weight excluding hydrogens is 94.1 g/mol. The Bertz CT molecular complexity index is 29.4. The third kappa shape index (κ3) is 5.84. The Morgan fingerprint density at radius 2 is 2.43 bits per heavy atom. The maximum Gasteiger partial charge on any atom is 0.0817 e. The molecule has 4 heteroatoms. The van der Waals surface area contributed by atoms with Gasteiger partial charge in [-0.05, 0) is 7.05 Å². The van der Waals surface area contributed by atoms with Gasteiger partial charge in [-0.25, -0.2) is 5.90 Å². The first-order valence-corrected chi connectivity index (χ1v) is 2.13. The Hall–Kier alpha value is -0.160. The van der Waals surface area contributed by atoms with Crippen molar-refractivity contribution < 1.29 is 4.84 Å². The lowest BCUT2D eigenvalue weighted by Crippen LogP contribution is -2.31. The number of rotatable bonds is 4. The van der Waals surface area contributed by atoms with Crippen molar-refractivity contribution in [2.24, 2.45) is 5.90 Å². The van der Waals surface area contributed by atoms with Crippen LogP contribution < -0.4 is 16.7 Å². The van der Waals surface area contributed by atoms with E-state index in [1.807, 2.05) is 0 Å². The van der Waals surface area contributed by atoms with Crippen LogP contribution in [0.1, 0.15) is 0 Å². The first-order chi connectivity index (χ1) is 3.41. The molecule has 0 saturated carbocycles. The summed E-state index contributed by atoms with van der Waals surface area (Å²) in [4.78, 5) is 4.24. The topological polar surface area (TPSA) is 59.3 Å². The van der Waals surface area contributed by atoms with Crippen LogP contribution in [0, 0.1) is 0 Å². The molecular formula is C3H11N3O. The number of hydrazine groups is 1. The zero-order valence-corrected chi connectivity index (χ0v) is 4.40. The van der Waals surface area contributed by atoms with Crippen molar-refractivity contribution in [3.8, 4) is 0 Å². The van der Waals surface area contributed by atoms with Crippen LogP contribution in [0.5, 0.6) is 0 Å². The molecule has 0 atom stereocenters. The number of nitrogens with two attached hydrogens (primary N) is 1. The number of hydrogen-bond acceptors (Lipinski definition) is 4. The first-order valence-electron chi connectivity index (χ1n) is 2.13. The second-order valence-corrected chi connectivity index (χ2v) is 1.05. The van der Waals surface area contributed by atoms with Crippen molar-refractivity contribution in [3.05, 3.63) is 0 Å². The molecule has 0 amide bonds. The minimum absolute atomic E-state index is 0.529. The van der Waals surface area contributed by atoms with Crippen LogP contribution in [0.25, 0.3) is 0 Å². The second kappa shape index (κ2) is 5.84. The van der Waals surface area contributed by atoms with Crippen LogP contribution in [0.4, 0.5) is 0 Å². The minimum Gasteiger partial charge on any atom is -0.303 e. The van der Waals surface area contributed by atoms with E-state index in [1.165, 1.54) is 0 Å². The second-order valence-electron chi connectivity index (χ2n) is 1.05. The summed E-state index contributed by atoms with van der Waals surface area (Å²) in [6.07, 6.45) is 0. The lowest BCUT2D eigenvalue weighted by molar-refractivity contribution is 0.137. The number of hydrogen-bond donors (Lipinski definition) is 3. The fourth-order valence-electron chi connectivity index (χ4n) is 0.235. The average Bonchev–Trinajstić information content (AvgIpc) is 1.69. The Morgan fingerprint density at radius 3 is 2.86 bits per heavy atom. The van der Waals surface area contributed by atoms with E-state index in [0.717, 1.165) is 6.54 Å². The highest BCUT2D eigenvalue weighted by Crippen LogP contribution is 1.53. The van der Waals surface area contributed by atoms with E-state index in [-0.39, 0.29) is 0 Å². The van der Waals surface area contributed by atoms with Gasteiger partial charge in [0.25, 0.3) is 0 Å². The van der Waals surface area contributed by atoms with Crippen LogP contribution in [0.15, 0.2) is 0 Å². The predicted molar refractivity (Wildman–Crippen MR) is 27.2 cm³/mol. The van der Waals surface area contributed by atoms with Crippen molar-refractivity contribution in [1.82, 2.24) is 10.9 Å². The third-order valence-electron chi connectivity index (χ3n) is 0.522. The van der Waals surface area contributed by atoms with Crippen molar-refractivity contribution in [3.63, 3.8) is 0 Å². The van der Waals surface area contributed by atoms with E-state index in [0.29, 0.717) is 6.61 Å². The van der Waals surface area contributed by atoms with Crippen LogP contribution in [0.2, 0.25) is 0 Å². The molecule has 7 heavy (non-hydrogen) atoms. The predicted octanol–water partition coefficient (Wildman–Crippen LogP) is -1.40. The Kier molecular flexibility index (Phi) is 5.71. The maximum atomic E-state index is 4.70. The molecule has 0 aromatic rings. The monoisotopic (exact) mass is 105 g/mol. The molecule has 0 bridgehead atoms. The maximum absolute atomic E-state index is 4.70. The summed E-state index contributed by atoms with van der Waals surface area (Å²) < 4.78 is 0. The summed E-state index contributed by atoms with van der Waals surface area (Å²) in [6.45, 7) is 1.26. The molecule has 0 aliphatic rings. The van der Waals surface area contributed by atoms with E-state index in [2.05, 4.69) is 15.7 Å². The SMILES string of the molecule is CNNCCON. The molecule has 0 rings (SSSR count). The van der Waals surface area contributed by atoms with Crippen LogP contribution >= 0.6 is 0 Å². The lowest BCUT2D eigenvalue weighted by Gasteiger charge is -1.97. The van der Waals surface area contributed by atoms with Gasteiger partial charge in [-0.2, -0.15) is 0 Å². The van der Waals surface area contributed by atoms with E-state index < -0.39 is 0 Å². The molecule has 0 aliphatic carbocycles. The summed E-state index contributed by atoms with van der Waals surface area (Å²) in [6, 6.07) is 0. The lowest BCUT2D eigenvalue weighted by atomic mass is 10.7. The zero-order valence-electron chi connectivity index (χ0n) is 4.40. The normalized spacial score (nSPS) is 9.43. The highest BCUT2D eigenvalue weighted by atomic mass is 16.6. The Labute approximate surface area is 42.9 Å². The molecule has 0 aromatic carbocycles. The van der Waals surface area contributed by atoms with E-state index in [1.54, 1.807) is 7.05 Å². The van der Waals surface area contributed by atoms with Gasteiger partial charge in [0, 0.05) is 6.54 Å². The molecule has 4 N–H and O–H groups in total. The van der Waals surface area contributed by atoms with Gasteiger partial charge in [0.2, 0.25) is 0 Å². The van der Waals surface area contributed by atoms with E-state index >= 15 is 0 Å². The fourth-order valence-corrected chi connectivity index (χ4v) is 0.235. The summed E-state index contributed by atoms with van der Waals surface area (Å²) in [5, 5.41) is 0. The average molecular weight is 105 g/mol. The standard InChI is InChI=1S/C3H11N3O/c1-5-6-2-3-7-4/h5-6H,2-4H2,1H3. The first kappa shape index (κ1) is 6.84. The summed E-state index contributed by atoms with van der Waals surface area (Å²) in [5.74, 6) is 4.70. The van der Waals surface area contributed by atoms with Gasteiger partial charge >= 0.3 is 0 Å². The largest absolute Gasteiger partial charge is 0.303 e. The Balaban J connectivity index is 2.45. The molecule has 0 aromatic heterocycles. The third-order valence-corrected chi connectivity index (χ3v) is 0.522. The fraction of sp³-hybridized carbons (Fsp3) is 1.00. The van der Waals surface area contributed by atoms with E-state index in [4.69, 9.17) is 5.90 Å². The van der Waals surface area contributed by atoms with Gasteiger partial charge in [0.15, 0.2) is 0 Å². The van der Waals surface area contributed by atoms with Crippen molar-refractivity contribution in [2.75, 3.05) is 20.2 Å². The molecule has 0 radical (unpaired) electrons. The smallest absolute Gasteiger partial charge is 0.0817 e. The summed E-state index contributed by atoms with van der Waals surface area (Å²) in [5.41, 5.74) is 5.51. The van der Waals surface area contributed by atoms with Gasteiger partial charge in [-0.1, -0.05) is 0 Å². The van der Waals surface area contributed by atoms with Gasteiger partial charge in [-0.15, -0.1) is 0 Å². The highest BCUT2D eigenvalue weighted by Gasteiger charge is 1.76. The number of nitrogens with one attached hydrogen (secondary N) is 2. The Morgan fingerprint density at radius 1 is 1.71 bits per heavy atom. The van der Waals surface area contributed by atoms with E-state index in [9.17, 15) is 0 Å². The molecule has 0 unspecified atom stereocenters. The molecule has 44 valence electrons. The van der Waals surface area contributed by atoms with Gasteiger partial charge in [-0.3, -0.25) is 10.9 Å². The highest BCUT2D eigenvalue weighted by molar-refractivity contribution is 4.30. The molecule has 0 heterocycles. The van der Waals surface area contributed by atoms with Gasteiger partial charge in [0.05, 0.1) is 6.61 Å². The quantitative estimate of drug-likeness (QED) is 0.304. The molecule has 0 spiro atoms. The van der Waals surface area contributed by atoms with Crippen molar-refractivity contribution in [2.45, 2.75) is 0 Å².